The summed E-state index contributed by atoms with van der Waals surface area (Å²) in [5, 5.41) is 0.689. The molecule has 0 N–H and O–H groups in total. The van der Waals surface area contributed by atoms with Crippen LogP contribution in [-0.4, -0.2) is 18.8 Å². The first-order valence-electron chi connectivity index (χ1n) is 8.52. The molecular weight excluding hydrogens is 378 g/mol. The molecule has 0 aliphatic rings. The van der Waals surface area contributed by atoms with Crippen LogP contribution in [0.3, 0.4) is 0 Å². The number of nitrogens with zero attached hydrogens (tertiary/aromatic N) is 1. The molecule has 3 aromatic rings. The van der Waals surface area contributed by atoms with Gasteiger partial charge in [-0.1, -0.05) is 41.9 Å². The lowest BCUT2D eigenvalue weighted by Gasteiger charge is -2.23. The van der Waals surface area contributed by atoms with E-state index in [0.29, 0.717) is 17.3 Å². The molecule has 0 aromatic heterocycles. The molecule has 0 aliphatic carbocycles. The molecule has 3 nitrogen and oxygen atoms in total. The highest BCUT2D eigenvalue weighted by Gasteiger charge is 2.17. The number of anilines is 1. The summed E-state index contributed by atoms with van der Waals surface area (Å²) in [7, 11) is 1.63. The van der Waals surface area contributed by atoms with E-state index in [1.165, 1.54) is 11.8 Å². The molecule has 1 amide bonds. The molecule has 0 saturated carbocycles. The summed E-state index contributed by atoms with van der Waals surface area (Å²) in [6.07, 6.45) is 0. The zero-order valence-corrected chi connectivity index (χ0v) is 16.5. The smallest absolute Gasteiger partial charge is 0.237 e. The van der Waals surface area contributed by atoms with Gasteiger partial charge in [0.2, 0.25) is 5.91 Å². The van der Waals surface area contributed by atoms with Crippen LogP contribution in [-0.2, 0) is 11.3 Å². The van der Waals surface area contributed by atoms with Crippen molar-refractivity contribution in [2.45, 2.75) is 11.4 Å². The van der Waals surface area contributed by atoms with E-state index in [4.69, 9.17) is 16.3 Å². The molecule has 0 saturated heterocycles. The van der Waals surface area contributed by atoms with Crippen molar-refractivity contribution in [3.05, 3.63) is 89.4 Å². The SMILES string of the molecule is COc1ccc(N(Cc2ccccc2)C(=O)CSc2ccc(Cl)cc2)cc1. The predicted octanol–water partition coefficient (Wildman–Crippen LogP) is 5.67. The van der Waals surface area contributed by atoms with Crippen molar-refractivity contribution in [1.29, 1.82) is 0 Å². The predicted molar refractivity (Wildman–Crippen MR) is 113 cm³/mol. The highest BCUT2D eigenvalue weighted by atomic mass is 35.5. The maximum Gasteiger partial charge on any atom is 0.237 e. The average molecular weight is 398 g/mol. The van der Waals surface area contributed by atoms with Crippen molar-refractivity contribution >= 4 is 35.0 Å². The first kappa shape index (κ1) is 19.3. The Balaban J connectivity index is 1.76. The second-order valence-corrected chi connectivity index (χ2v) is 7.39. The minimum absolute atomic E-state index is 0.0453. The van der Waals surface area contributed by atoms with Gasteiger partial charge < -0.3 is 9.64 Å². The standard InChI is InChI=1S/C22H20ClNO2S/c1-26-20-11-9-19(10-12-20)24(15-17-5-3-2-4-6-17)22(25)16-27-21-13-7-18(23)8-14-21/h2-14H,15-16H2,1H3. The fourth-order valence-electron chi connectivity index (χ4n) is 2.61. The van der Waals surface area contributed by atoms with Crippen LogP contribution in [0.1, 0.15) is 5.56 Å². The Labute approximate surface area is 168 Å². The van der Waals surface area contributed by atoms with Crippen molar-refractivity contribution in [3.8, 4) is 5.75 Å². The van der Waals surface area contributed by atoms with Crippen LogP contribution < -0.4 is 9.64 Å². The van der Waals surface area contributed by atoms with Gasteiger partial charge in [0, 0.05) is 15.6 Å². The minimum atomic E-state index is 0.0453. The number of halogens is 1. The third-order valence-corrected chi connectivity index (χ3v) is 5.29. The van der Waals surface area contributed by atoms with Crippen molar-refractivity contribution in [1.82, 2.24) is 0 Å². The number of ether oxygens (including phenoxy) is 1. The number of benzene rings is 3. The summed E-state index contributed by atoms with van der Waals surface area (Å²) in [4.78, 5) is 15.8. The van der Waals surface area contributed by atoms with Gasteiger partial charge in [-0.05, 0) is 54.1 Å². The van der Waals surface area contributed by atoms with Gasteiger partial charge in [0.1, 0.15) is 5.75 Å². The Morgan fingerprint density at radius 2 is 1.63 bits per heavy atom. The van der Waals surface area contributed by atoms with E-state index in [1.807, 2.05) is 78.9 Å². The van der Waals surface area contributed by atoms with E-state index in [2.05, 4.69) is 0 Å². The number of carbonyl (C=O) groups excluding carboxylic acids is 1. The molecule has 5 heteroatoms. The summed E-state index contributed by atoms with van der Waals surface area (Å²) in [6, 6.07) is 25.1. The van der Waals surface area contributed by atoms with E-state index in [0.717, 1.165) is 21.9 Å². The lowest BCUT2D eigenvalue weighted by Crippen LogP contribution is -2.31. The number of thioether (sulfide) groups is 1. The normalized spacial score (nSPS) is 10.4. The topological polar surface area (TPSA) is 29.5 Å². The molecule has 3 aromatic carbocycles. The number of hydrogen-bond acceptors (Lipinski definition) is 3. The van der Waals surface area contributed by atoms with Gasteiger partial charge in [-0.3, -0.25) is 4.79 Å². The number of rotatable bonds is 7. The van der Waals surface area contributed by atoms with Crippen molar-refractivity contribution in [2.75, 3.05) is 17.8 Å². The van der Waals surface area contributed by atoms with Gasteiger partial charge >= 0.3 is 0 Å². The summed E-state index contributed by atoms with van der Waals surface area (Å²) < 4.78 is 5.22. The first-order chi connectivity index (χ1) is 13.2. The Kier molecular flexibility index (Phi) is 6.80. The molecule has 138 valence electrons. The zero-order chi connectivity index (χ0) is 19.1. The number of amides is 1. The van der Waals surface area contributed by atoms with Crippen LogP contribution in [0.5, 0.6) is 5.75 Å². The van der Waals surface area contributed by atoms with Crippen molar-refractivity contribution < 1.29 is 9.53 Å². The highest BCUT2D eigenvalue weighted by Crippen LogP contribution is 2.25. The highest BCUT2D eigenvalue weighted by molar-refractivity contribution is 8.00. The quantitative estimate of drug-likeness (QED) is 0.481. The molecule has 0 radical (unpaired) electrons. The van der Waals surface area contributed by atoms with Crippen LogP contribution >= 0.6 is 23.4 Å². The van der Waals surface area contributed by atoms with Gasteiger partial charge in [-0.15, -0.1) is 11.8 Å². The van der Waals surface area contributed by atoms with E-state index in [9.17, 15) is 4.79 Å². The number of hydrogen-bond donors (Lipinski definition) is 0. The molecule has 0 unspecified atom stereocenters. The van der Waals surface area contributed by atoms with E-state index < -0.39 is 0 Å². The molecule has 0 spiro atoms. The minimum Gasteiger partial charge on any atom is -0.497 e. The van der Waals surface area contributed by atoms with E-state index >= 15 is 0 Å². The van der Waals surface area contributed by atoms with Gasteiger partial charge in [0.15, 0.2) is 0 Å². The maximum atomic E-state index is 13.0. The third-order valence-electron chi connectivity index (χ3n) is 4.04. The summed E-state index contributed by atoms with van der Waals surface area (Å²) in [6.45, 7) is 0.521. The van der Waals surface area contributed by atoms with Crippen LogP contribution in [0, 0.1) is 0 Å². The first-order valence-corrected chi connectivity index (χ1v) is 9.89. The van der Waals surface area contributed by atoms with E-state index in [1.54, 1.807) is 12.0 Å². The number of carbonyl (C=O) groups is 1. The third kappa shape index (κ3) is 5.52. The summed E-state index contributed by atoms with van der Waals surface area (Å²) >= 11 is 7.43. The van der Waals surface area contributed by atoms with E-state index in [-0.39, 0.29) is 5.91 Å². The molecule has 27 heavy (non-hydrogen) atoms. The molecule has 0 atom stereocenters. The average Bonchev–Trinajstić information content (AvgIpc) is 2.72. The van der Waals surface area contributed by atoms with Gasteiger partial charge in [-0.25, -0.2) is 0 Å². The second-order valence-electron chi connectivity index (χ2n) is 5.91. The Hall–Kier alpha value is -2.43. The molecule has 0 bridgehead atoms. The van der Waals surface area contributed by atoms with Crippen molar-refractivity contribution in [2.24, 2.45) is 0 Å². The second kappa shape index (κ2) is 9.49. The van der Waals surface area contributed by atoms with Crippen LogP contribution in [0.25, 0.3) is 0 Å². The van der Waals surface area contributed by atoms with Gasteiger partial charge in [-0.2, -0.15) is 0 Å². The zero-order valence-electron chi connectivity index (χ0n) is 15.0. The maximum absolute atomic E-state index is 13.0. The van der Waals surface area contributed by atoms with Gasteiger partial charge in [0.25, 0.3) is 0 Å². The largest absolute Gasteiger partial charge is 0.497 e. The monoisotopic (exact) mass is 397 g/mol. The van der Waals surface area contributed by atoms with Crippen LogP contribution in [0.2, 0.25) is 5.02 Å². The Morgan fingerprint density at radius 1 is 0.963 bits per heavy atom. The van der Waals surface area contributed by atoms with Gasteiger partial charge in [0.05, 0.1) is 19.4 Å². The number of methoxy groups -OCH3 is 1. The lowest BCUT2D eigenvalue weighted by molar-refractivity contribution is -0.116. The lowest BCUT2D eigenvalue weighted by atomic mass is 10.2. The Bertz CT molecular complexity index is 867. The summed E-state index contributed by atoms with van der Waals surface area (Å²) in [5.74, 6) is 1.16. The molecule has 0 aliphatic heterocycles. The fraction of sp³-hybridized carbons (Fsp3) is 0.136. The molecule has 0 heterocycles. The van der Waals surface area contributed by atoms with Crippen molar-refractivity contribution in [3.63, 3.8) is 0 Å². The summed E-state index contributed by atoms with van der Waals surface area (Å²) in [5.41, 5.74) is 1.93. The Morgan fingerprint density at radius 3 is 2.26 bits per heavy atom. The van der Waals surface area contributed by atoms with Crippen LogP contribution in [0.15, 0.2) is 83.8 Å². The fourth-order valence-corrected chi connectivity index (χ4v) is 3.51. The molecule has 3 rings (SSSR count). The molecule has 0 fully saturated rings. The molecular formula is C22H20ClNO2S. The van der Waals surface area contributed by atoms with Crippen LogP contribution in [0.4, 0.5) is 5.69 Å².